The first-order valence-corrected chi connectivity index (χ1v) is 15.8. The van der Waals surface area contributed by atoms with Crippen molar-refractivity contribution in [3.05, 3.63) is 107 Å². The molecule has 246 valence electrons. The molecule has 0 aliphatic heterocycles. The van der Waals surface area contributed by atoms with Crippen LogP contribution in [-0.4, -0.2) is 51.7 Å². The van der Waals surface area contributed by atoms with E-state index in [1.54, 1.807) is 70.9 Å². The third-order valence-electron chi connectivity index (χ3n) is 8.88. The number of phenols is 1. The van der Waals surface area contributed by atoms with Crippen LogP contribution in [0.25, 0.3) is 0 Å². The Morgan fingerprint density at radius 2 is 1.11 bits per heavy atom. The van der Waals surface area contributed by atoms with Crippen LogP contribution >= 0.6 is 0 Å². The number of carbonyl (C=O) groups excluding carboxylic acids is 2. The molecule has 0 heterocycles. The Balaban J connectivity index is 0.000000185. The lowest BCUT2D eigenvalue weighted by Gasteiger charge is -2.10. The van der Waals surface area contributed by atoms with Gasteiger partial charge in [0.05, 0.1) is 46.2 Å². The predicted molar refractivity (Wildman–Crippen MR) is 180 cm³/mol. The normalized spacial score (nSPS) is 19.0. The van der Waals surface area contributed by atoms with E-state index in [-0.39, 0.29) is 41.0 Å². The molecule has 2 aliphatic rings. The molecule has 4 atom stereocenters. The van der Waals surface area contributed by atoms with Gasteiger partial charge in [0, 0.05) is 11.8 Å². The van der Waals surface area contributed by atoms with E-state index in [0.29, 0.717) is 40.7 Å². The number of benzene rings is 4. The van der Waals surface area contributed by atoms with Crippen LogP contribution in [-0.2, 0) is 0 Å². The zero-order valence-electron chi connectivity index (χ0n) is 27.7. The van der Waals surface area contributed by atoms with Crippen molar-refractivity contribution in [2.75, 3.05) is 35.0 Å². The third kappa shape index (κ3) is 7.54. The molecule has 4 aromatic carbocycles. The average molecular weight is 639 g/mol. The van der Waals surface area contributed by atoms with Crippen molar-refractivity contribution in [3.8, 4) is 34.5 Å². The van der Waals surface area contributed by atoms with Gasteiger partial charge < -0.3 is 28.8 Å². The van der Waals surface area contributed by atoms with Gasteiger partial charge in [0.15, 0.2) is 11.6 Å². The second-order valence-corrected chi connectivity index (χ2v) is 11.8. The Hall–Kier alpha value is -4.98. The highest BCUT2D eigenvalue weighted by atomic mass is 16.5. The van der Waals surface area contributed by atoms with Gasteiger partial charge >= 0.3 is 0 Å². The Morgan fingerprint density at radius 3 is 1.55 bits per heavy atom. The summed E-state index contributed by atoms with van der Waals surface area (Å²) in [4.78, 5) is 25.6. The van der Waals surface area contributed by atoms with Crippen LogP contribution in [0.4, 0.5) is 0 Å². The van der Waals surface area contributed by atoms with Crippen molar-refractivity contribution in [2.45, 2.75) is 38.5 Å². The molecule has 6 rings (SSSR count). The molecule has 2 saturated carbocycles. The number of aryl methyl sites for hydroxylation is 1. The van der Waals surface area contributed by atoms with Crippen molar-refractivity contribution < 1.29 is 38.4 Å². The van der Waals surface area contributed by atoms with Gasteiger partial charge in [-0.2, -0.15) is 0 Å². The van der Waals surface area contributed by atoms with E-state index in [1.807, 2.05) is 50.2 Å². The third-order valence-corrected chi connectivity index (χ3v) is 8.88. The molecule has 8 heteroatoms. The van der Waals surface area contributed by atoms with E-state index >= 15 is 0 Å². The van der Waals surface area contributed by atoms with Crippen molar-refractivity contribution in [1.29, 1.82) is 0 Å². The van der Waals surface area contributed by atoms with Crippen LogP contribution in [0.2, 0.25) is 0 Å². The maximum atomic E-state index is 12.8. The second kappa shape index (κ2) is 14.6. The van der Waals surface area contributed by atoms with Crippen LogP contribution < -0.4 is 23.7 Å². The van der Waals surface area contributed by atoms with Crippen molar-refractivity contribution >= 4 is 11.6 Å². The van der Waals surface area contributed by atoms with E-state index in [4.69, 9.17) is 23.7 Å². The van der Waals surface area contributed by atoms with Crippen LogP contribution in [0.5, 0.6) is 34.5 Å². The van der Waals surface area contributed by atoms with Crippen LogP contribution in [0.15, 0.2) is 78.9 Å². The van der Waals surface area contributed by atoms with Gasteiger partial charge in [0.2, 0.25) is 0 Å². The van der Waals surface area contributed by atoms with Crippen molar-refractivity contribution in [3.63, 3.8) is 0 Å². The number of hydrogen-bond donors (Lipinski definition) is 1. The lowest BCUT2D eigenvalue weighted by molar-refractivity contribution is 0.0954. The van der Waals surface area contributed by atoms with E-state index in [9.17, 15) is 14.7 Å². The molecule has 0 bridgehead atoms. The highest BCUT2D eigenvalue weighted by Crippen LogP contribution is 2.51. The number of aromatic hydroxyl groups is 1. The summed E-state index contributed by atoms with van der Waals surface area (Å²) in [5.74, 6) is 4.13. The number of Topliss-reactive ketones (excluding diaryl/α,β-unsaturated/α-hetero) is 2. The zero-order valence-corrected chi connectivity index (χ0v) is 27.7. The summed E-state index contributed by atoms with van der Waals surface area (Å²) in [6, 6.07) is 24.2. The first-order valence-electron chi connectivity index (χ1n) is 15.8. The van der Waals surface area contributed by atoms with Crippen LogP contribution in [0.3, 0.4) is 0 Å². The van der Waals surface area contributed by atoms with Gasteiger partial charge in [-0.1, -0.05) is 24.3 Å². The molecular weight excluding hydrogens is 596 g/mol. The van der Waals surface area contributed by atoms with Gasteiger partial charge in [-0.25, -0.2) is 0 Å². The Bertz CT molecular complexity index is 1730. The topological polar surface area (TPSA) is 101 Å². The second-order valence-electron chi connectivity index (χ2n) is 11.8. The molecule has 0 spiro atoms. The Labute approximate surface area is 276 Å². The van der Waals surface area contributed by atoms with Gasteiger partial charge in [-0.05, 0) is 110 Å². The minimum absolute atomic E-state index is 0.00366. The first kappa shape index (κ1) is 33.4. The van der Waals surface area contributed by atoms with E-state index in [0.717, 1.165) is 29.7 Å². The smallest absolute Gasteiger partial charge is 0.170 e. The van der Waals surface area contributed by atoms with Crippen molar-refractivity contribution in [1.82, 2.24) is 0 Å². The maximum absolute atomic E-state index is 12.8. The highest BCUT2D eigenvalue weighted by Gasteiger charge is 2.46. The zero-order chi connectivity index (χ0) is 33.7. The fraction of sp³-hybridized carbons (Fsp3) is 0.333. The number of methoxy groups -OCH3 is 4. The molecule has 2 aliphatic carbocycles. The summed E-state index contributed by atoms with van der Waals surface area (Å²) in [6.45, 7) is 4.47. The summed E-state index contributed by atoms with van der Waals surface area (Å²) >= 11 is 0. The molecule has 47 heavy (non-hydrogen) atoms. The SMILES string of the molecule is CCOc1ccc(C2CC2C(=O)c2cc(OC)ccc2OC)cc1.COc1ccc(OC)c(C(=O)C2CC2c2ccc(C)c(O)c2)c1. The molecule has 0 aromatic heterocycles. The quantitative estimate of drug-likeness (QED) is 0.157. The lowest BCUT2D eigenvalue weighted by Crippen LogP contribution is -2.06. The van der Waals surface area contributed by atoms with Gasteiger partial charge in [-0.15, -0.1) is 0 Å². The molecule has 4 unspecified atom stereocenters. The van der Waals surface area contributed by atoms with Gasteiger partial charge in [0.25, 0.3) is 0 Å². The molecule has 2 fully saturated rings. The predicted octanol–water partition coefficient (Wildman–Crippen LogP) is 7.79. The molecular formula is C39H42O8. The molecule has 8 nitrogen and oxygen atoms in total. The number of ether oxygens (including phenoxy) is 5. The summed E-state index contributed by atoms with van der Waals surface area (Å²) in [5.41, 5.74) is 4.17. The van der Waals surface area contributed by atoms with E-state index in [2.05, 4.69) is 0 Å². The fourth-order valence-electron chi connectivity index (χ4n) is 5.95. The monoisotopic (exact) mass is 638 g/mol. The minimum Gasteiger partial charge on any atom is -0.508 e. The van der Waals surface area contributed by atoms with Gasteiger partial charge in [0.1, 0.15) is 34.5 Å². The van der Waals surface area contributed by atoms with Crippen molar-refractivity contribution in [2.24, 2.45) is 11.8 Å². The number of rotatable bonds is 12. The molecule has 1 N–H and O–H groups in total. The van der Waals surface area contributed by atoms with Gasteiger partial charge in [-0.3, -0.25) is 9.59 Å². The summed E-state index contributed by atoms with van der Waals surface area (Å²) in [7, 11) is 6.30. The number of ketones is 2. The number of hydrogen-bond acceptors (Lipinski definition) is 8. The summed E-state index contributed by atoms with van der Waals surface area (Å²) < 4.78 is 26.5. The fourth-order valence-corrected chi connectivity index (χ4v) is 5.95. The van der Waals surface area contributed by atoms with E-state index < -0.39 is 0 Å². The van der Waals surface area contributed by atoms with Crippen LogP contribution in [0.1, 0.15) is 69.0 Å². The summed E-state index contributed by atoms with van der Waals surface area (Å²) in [5, 5.41) is 9.85. The Morgan fingerprint density at radius 1 is 0.638 bits per heavy atom. The largest absolute Gasteiger partial charge is 0.508 e. The standard InChI is InChI=1S/C20H22O4.C19H20O4/c1-4-24-14-7-5-13(6-8-14)16-12-17(16)20(21)18-11-15(22-2)9-10-19(18)23-3;1-11-4-5-12(8-17(11)20)14-10-15(14)19(21)16-9-13(22-2)6-7-18(16)23-3/h5-11,16-17H,4,12H2,1-3H3;4-9,14-15,20H,10H2,1-3H3. The lowest BCUT2D eigenvalue weighted by atomic mass is 10.0. The highest BCUT2D eigenvalue weighted by molar-refractivity contribution is 6.03. The molecule has 0 radical (unpaired) electrons. The van der Waals surface area contributed by atoms with Crippen LogP contribution in [0, 0.1) is 18.8 Å². The molecule has 4 aromatic rings. The molecule has 0 amide bonds. The first-order chi connectivity index (χ1) is 22.7. The summed E-state index contributed by atoms with van der Waals surface area (Å²) in [6.07, 6.45) is 1.66. The number of phenolic OH excluding ortho intramolecular Hbond substituents is 1. The average Bonchev–Trinajstić information content (AvgIpc) is 4.04. The molecule has 0 saturated heterocycles. The Kier molecular flexibility index (Phi) is 10.4. The minimum atomic E-state index is -0.0712. The number of carbonyl (C=O) groups is 2. The maximum Gasteiger partial charge on any atom is 0.170 e. The van der Waals surface area contributed by atoms with E-state index in [1.165, 1.54) is 5.56 Å².